The van der Waals surface area contributed by atoms with Crippen molar-refractivity contribution in [1.82, 2.24) is 15.1 Å². The first-order valence-electron chi connectivity index (χ1n) is 11.5. The van der Waals surface area contributed by atoms with Crippen molar-refractivity contribution in [1.29, 1.82) is 0 Å². The van der Waals surface area contributed by atoms with Crippen molar-refractivity contribution in [3.63, 3.8) is 0 Å². The zero-order chi connectivity index (χ0) is 23.6. The Morgan fingerprint density at radius 3 is 2.61 bits per heavy atom. The summed E-state index contributed by atoms with van der Waals surface area (Å²) in [5.41, 5.74) is -0.493. The van der Waals surface area contributed by atoms with Crippen LogP contribution in [0.2, 0.25) is 5.02 Å². The Morgan fingerprint density at radius 1 is 1.21 bits per heavy atom. The molecule has 1 aliphatic carbocycles. The monoisotopic (exact) mass is 472 g/mol. The Bertz CT molecular complexity index is 1060. The van der Waals surface area contributed by atoms with Gasteiger partial charge >= 0.3 is 5.97 Å². The predicted octanol–water partition coefficient (Wildman–Crippen LogP) is 3.97. The zero-order valence-corrected chi connectivity index (χ0v) is 19.7. The van der Waals surface area contributed by atoms with Crippen LogP contribution in [0, 0.1) is 0 Å². The van der Waals surface area contributed by atoms with Crippen LogP contribution in [-0.4, -0.2) is 45.8 Å². The minimum atomic E-state index is -1.26. The molecule has 0 spiro atoms. The van der Waals surface area contributed by atoms with Gasteiger partial charge < -0.3 is 10.1 Å². The number of hydrogen-bond donors (Lipinski definition) is 1. The van der Waals surface area contributed by atoms with Gasteiger partial charge in [-0.2, -0.15) is 5.10 Å². The number of rotatable bonds is 5. The number of nitrogens with one attached hydrogen (secondary N) is 1. The number of benzene rings is 1. The maximum atomic E-state index is 13.7. The lowest BCUT2D eigenvalue weighted by molar-refractivity contribution is -0.127. The maximum Gasteiger partial charge on any atom is 0.358 e. The average molecular weight is 473 g/mol. The van der Waals surface area contributed by atoms with Gasteiger partial charge in [-0.3, -0.25) is 19.2 Å². The smallest absolute Gasteiger partial charge is 0.358 e. The fraction of sp³-hybridized carbons (Fsp3) is 0.500. The number of aromatic nitrogens is 2. The fourth-order valence-corrected chi connectivity index (χ4v) is 4.86. The third-order valence-corrected chi connectivity index (χ3v) is 6.62. The van der Waals surface area contributed by atoms with Crippen LogP contribution in [0.3, 0.4) is 0 Å². The molecule has 1 unspecified atom stereocenters. The lowest BCUT2D eigenvalue weighted by atomic mass is 9.93. The van der Waals surface area contributed by atoms with Gasteiger partial charge in [0, 0.05) is 22.8 Å². The van der Waals surface area contributed by atoms with Gasteiger partial charge in [0.25, 0.3) is 5.91 Å². The summed E-state index contributed by atoms with van der Waals surface area (Å²) in [4.78, 5) is 41.1. The van der Waals surface area contributed by atoms with Crippen LogP contribution in [0.25, 0.3) is 0 Å². The average Bonchev–Trinajstić information content (AvgIpc) is 3.03. The molecule has 1 aromatic heterocycles. The van der Waals surface area contributed by atoms with Crippen molar-refractivity contribution in [2.24, 2.45) is 0 Å². The molecule has 2 aromatic rings. The molecule has 1 fully saturated rings. The van der Waals surface area contributed by atoms with E-state index in [1.807, 2.05) is 0 Å². The first-order chi connectivity index (χ1) is 15.8. The standard InChI is InChI=1S/C24H29ClN4O4/c1-3-33-22(31)19-14-20-21(30)29(18-12-8-9-16(25)13-18)24(2,15-28(20)27-19)23(32)26-17-10-6-4-5-7-11-17/h8-9,12-14,17H,3-7,10-11,15H2,1-2H3,(H,26,32). The normalized spacial score (nSPS) is 21.3. The molecular weight excluding hydrogens is 444 g/mol. The van der Waals surface area contributed by atoms with Crippen molar-refractivity contribution in [3.05, 3.63) is 46.7 Å². The Morgan fingerprint density at radius 2 is 1.94 bits per heavy atom. The summed E-state index contributed by atoms with van der Waals surface area (Å²) in [6.07, 6.45) is 6.34. The third-order valence-electron chi connectivity index (χ3n) is 6.38. The van der Waals surface area contributed by atoms with Gasteiger partial charge in [0.15, 0.2) is 5.69 Å². The van der Waals surface area contributed by atoms with Gasteiger partial charge in [0.05, 0.1) is 13.2 Å². The second-order valence-electron chi connectivity index (χ2n) is 8.85. The molecule has 1 aliphatic heterocycles. The quantitative estimate of drug-likeness (QED) is 0.525. The van der Waals surface area contributed by atoms with Crippen LogP contribution in [0.4, 0.5) is 5.69 Å². The number of amides is 2. The highest BCUT2D eigenvalue weighted by molar-refractivity contribution is 6.31. The van der Waals surface area contributed by atoms with Crippen LogP contribution in [0.5, 0.6) is 0 Å². The Labute approximate surface area is 198 Å². The number of fused-ring (bicyclic) bond motifs is 1. The second-order valence-corrected chi connectivity index (χ2v) is 9.29. The number of anilines is 1. The molecule has 1 saturated carbocycles. The third kappa shape index (κ3) is 4.62. The van der Waals surface area contributed by atoms with Crippen LogP contribution in [0.1, 0.15) is 73.3 Å². The van der Waals surface area contributed by atoms with E-state index in [9.17, 15) is 14.4 Å². The van der Waals surface area contributed by atoms with E-state index in [0.717, 1.165) is 25.7 Å². The molecule has 1 atom stereocenters. The van der Waals surface area contributed by atoms with Crippen LogP contribution >= 0.6 is 11.6 Å². The van der Waals surface area contributed by atoms with E-state index in [1.54, 1.807) is 38.1 Å². The number of carbonyl (C=O) groups is 3. The summed E-state index contributed by atoms with van der Waals surface area (Å²) in [6, 6.07) is 8.35. The lowest BCUT2D eigenvalue weighted by Crippen LogP contribution is -2.65. The molecule has 8 nitrogen and oxygen atoms in total. The summed E-state index contributed by atoms with van der Waals surface area (Å²) in [7, 11) is 0. The molecule has 0 bridgehead atoms. The second kappa shape index (κ2) is 9.55. The Hall–Kier alpha value is -2.87. The van der Waals surface area contributed by atoms with Crippen molar-refractivity contribution >= 4 is 35.1 Å². The number of nitrogens with zero attached hydrogens (tertiary/aromatic N) is 3. The number of esters is 1. The van der Waals surface area contributed by atoms with Crippen LogP contribution in [0.15, 0.2) is 30.3 Å². The number of carbonyl (C=O) groups excluding carboxylic acids is 3. The molecule has 2 aliphatic rings. The summed E-state index contributed by atoms with van der Waals surface area (Å²) < 4.78 is 6.48. The molecule has 33 heavy (non-hydrogen) atoms. The summed E-state index contributed by atoms with van der Waals surface area (Å²) in [6.45, 7) is 3.73. The predicted molar refractivity (Wildman–Crippen MR) is 124 cm³/mol. The molecule has 176 valence electrons. The molecular formula is C24H29ClN4O4. The highest BCUT2D eigenvalue weighted by Crippen LogP contribution is 2.34. The molecule has 0 radical (unpaired) electrons. The fourth-order valence-electron chi connectivity index (χ4n) is 4.67. The number of halogens is 1. The lowest BCUT2D eigenvalue weighted by Gasteiger charge is -2.43. The highest BCUT2D eigenvalue weighted by atomic mass is 35.5. The van der Waals surface area contributed by atoms with E-state index in [0.29, 0.717) is 10.7 Å². The molecule has 9 heteroatoms. The van der Waals surface area contributed by atoms with Crippen molar-refractivity contribution < 1.29 is 19.1 Å². The largest absolute Gasteiger partial charge is 0.461 e. The number of hydrogen-bond acceptors (Lipinski definition) is 5. The van der Waals surface area contributed by atoms with Crippen molar-refractivity contribution in [2.75, 3.05) is 11.5 Å². The van der Waals surface area contributed by atoms with E-state index in [2.05, 4.69) is 10.4 Å². The highest BCUT2D eigenvalue weighted by Gasteiger charge is 2.49. The molecule has 1 aromatic carbocycles. The molecule has 4 rings (SSSR count). The topological polar surface area (TPSA) is 93.5 Å². The van der Waals surface area contributed by atoms with Gasteiger partial charge in [-0.05, 0) is 44.9 Å². The van der Waals surface area contributed by atoms with E-state index in [4.69, 9.17) is 16.3 Å². The molecule has 0 saturated heterocycles. The molecule has 2 heterocycles. The van der Waals surface area contributed by atoms with Gasteiger partial charge in [0.1, 0.15) is 11.2 Å². The van der Waals surface area contributed by atoms with E-state index in [1.165, 1.54) is 28.5 Å². The van der Waals surface area contributed by atoms with Gasteiger partial charge in [0.2, 0.25) is 5.91 Å². The Kier molecular flexibility index (Phi) is 6.74. The van der Waals surface area contributed by atoms with E-state index >= 15 is 0 Å². The summed E-state index contributed by atoms with van der Waals surface area (Å²) in [5, 5.41) is 7.94. The SMILES string of the molecule is CCOC(=O)c1cc2n(n1)CC(C)(C(=O)NC1CCCCCC1)N(c1cccc(Cl)c1)C2=O. The Balaban J connectivity index is 1.73. The first kappa shape index (κ1) is 23.3. The summed E-state index contributed by atoms with van der Waals surface area (Å²) in [5.74, 6) is -1.28. The maximum absolute atomic E-state index is 13.7. The first-order valence-corrected chi connectivity index (χ1v) is 11.9. The zero-order valence-electron chi connectivity index (χ0n) is 19.0. The minimum Gasteiger partial charge on any atom is -0.461 e. The number of ether oxygens (including phenoxy) is 1. The molecule has 2 amide bonds. The van der Waals surface area contributed by atoms with Crippen LogP contribution < -0.4 is 10.2 Å². The van der Waals surface area contributed by atoms with E-state index < -0.39 is 17.4 Å². The minimum absolute atomic E-state index is 0.0414. The van der Waals surface area contributed by atoms with Gasteiger partial charge in [-0.15, -0.1) is 0 Å². The summed E-state index contributed by atoms with van der Waals surface area (Å²) >= 11 is 6.22. The molecule has 1 N–H and O–H groups in total. The van der Waals surface area contributed by atoms with Crippen LogP contribution in [-0.2, 0) is 16.1 Å². The van der Waals surface area contributed by atoms with Crippen molar-refractivity contribution in [3.8, 4) is 0 Å². The van der Waals surface area contributed by atoms with Crippen molar-refractivity contribution in [2.45, 2.75) is 70.5 Å². The van der Waals surface area contributed by atoms with Gasteiger partial charge in [-0.25, -0.2) is 4.79 Å². The van der Waals surface area contributed by atoms with Gasteiger partial charge in [-0.1, -0.05) is 43.4 Å². The van der Waals surface area contributed by atoms with E-state index in [-0.39, 0.29) is 36.5 Å².